The van der Waals surface area contributed by atoms with Crippen LogP contribution < -0.4 is 10.2 Å². The van der Waals surface area contributed by atoms with Gasteiger partial charge >= 0.3 is 0 Å². The molecule has 0 saturated carbocycles. The van der Waals surface area contributed by atoms with E-state index in [9.17, 15) is 0 Å². The van der Waals surface area contributed by atoms with Gasteiger partial charge in [0.2, 0.25) is 0 Å². The molecule has 150 valence electrons. The summed E-state index contributed by atoms with van der Waals surface area (Å²) in [4.78, 5) is 9.42. The highest BCUT2D eigenvalue weighted by Gasteiger charge is 2.09. The highest BCUT2D eigenvalue weighted by molar-refractivity contribution is 6.30. The largest absolute Gasteiger partial charge is 0.491 e. The van der Waals surface area contributed by atoms with Gasteiger partial charge in [0, 0.05) is 16.0 Å². The maximum Gasteiger partial charge on any atom is 0.162 e. The second-order valence-corrected chi connectivity index (χ2v) is 7.46. The van der Waals surface area contributed by atoms with E-state index in [1.807, 2.05) is 86.6 Å². The molecule has 4 rings (SSSR count). The number of anilines is 1. The SMILES string of the molecule is CC(C)Oc1ccc(-c2nc(N/N=C/c3ccc(Cl)cc3)c3ccccc3n2)cc1. The predicted molar refractivity (Wildman–Crippen MR) is 123 cm³/mol. The van der Waals surface area contributed by atoms with Crippen molar-refractivity contribution in [3.63, 3.8) is 0 Å². The Morgan fingerprint density at radius 3 is 2.40 bits per heavy atom. The summed E-state index contributed by atoms with van der Waals surface area (Å²) in [6, 6.07) is 23.1. The number of hydrazone groups is 1. The zero-order valence-electron chi connectivity index (χ0n) is 16.7. The number of ether oxygens (including phenoxy) is 1. The lowest BCUT2D eigenvalue weighted by atomic mass is 10.1. The zero-order chi connectivity index (χ0) is 20.9. The summed E-state index contributed by atoms with van der Waals surface area (Å²) < 4.78 is 5.72. The van der Waals surface area contributed by atoms with Crippen molar-refractivity contribution in [3.05, 3.63) is 83.4 Å². The van der Waals surface area contributed by atoms with Crippen molar-refractivity contribution in [1.29, 1.82) is 0 Å². The third kappa shape index (κ3) is 4.75. The van der Waals surface area contributed by atoms with E-state index in [1.165, 1.54) is 0 Å². The summed E-state index contributed by atoms with van der Waals surface area (Å²) in [6.45, 7) is 4.01. The summed E-state index contributed by atoms with van der Waals surface area (Å²) in [7, 11) is 0. The summed E-state index contributed by atoms with van der Waals surface area (Å²) >= 11 is 5.93. The maximum atomic E-state index is 5.93. The Bertz CT molecular complexity index is 1170. The number of nitrogens with zero attached hydrogens (tertiary/aromatic N) is 3. The first-order valence-corrected chi connectivity index (χ1v) is 10.0. The average Bonchev–Trinajstić information content (AvgIpc) is 2.75. The third-order valence-corrected chi connectivity index (χ3v) is 4.59. The van der Waals surface area contributed by atoms with Crippen LogP contribution in [0.4, 0.5) is 5.82 Å². The number of fused-ring (bicyclic) bond motifs is 1. The van der Waals surface area contributed by atoms with Gasteiger partial charge in [-0.1, -0.05) is 35.9 Å². The number of rotatable bonds is 6. The molecule has 0 aliphatic heterocycles. The van der Waals surface area contributed by atoms with Crippen LogP contribution in [-0.2, 0) is 0 Å². The molecule has 6 heteroatoms. The van der Waals surface area contributed by atoms with E-state index in [0.29, 0.717) is 16.7 Å². The van der Waals surface area contributed by atoms with E-state index in [1.54, 1.807) is 6.21 Å². The molecule has 0 spiro atoms. The van der Waals surface area contributed by atoms with Crippen molar-refractivity contribution < 1.29 is 4.74 Å². The lowest BCUT2D eigenvalue weighted by Crippen LogP contribution is -2.05. The van der Waals surface area contributed by atoms with Crippen molar-refractivity contribution >= 4 is 34.5 Å². The number of nitrogens with one attached hydrogen (secondary N) is 1. The molecule has 0 bridgehead atoms. The molecule has 0 unspecified atom stereocenters. The van der Waals surface area contributed by atoms with Crippen molar-refractivity contribution in [1.82, 2.24) is 9.97 Å². The topological polar surface area (TPSA) is 59.4 Å². The van der Waals surface area contributed by atoms with Crippen molar-refractivity contribution in [2.45, 2.75) is 20.0 Å². The molecule has 1 N–H and O–H groups in total. The van der Waals surface area contributed by atoms with Gasteiger partial charge in [0.15, 0.2) is 11.6 Å². The second-order valence-electron chi connectivity index (χ2n) is 7.03. The molecule has 0 atom stereocenters. The summed E-state index contributed by atoms with van der Waals surface area (Å²) in [6.07, 6.45) is 1.85. The molecule has 30 heavy (non-hydrogen) atoms. The van der Waals surface area contributed by atoms with E-state index in [-0.39, 0.29) is 6.10 Å². The quantitative estimate of drug-likeness (QED) is 0.301. The fraction of sp³-hybridized carbons (Fsp3) is 0.125. The van der Waals surface area contributed by atoms with Gasteiger partial charge in [0.1, 0.15) is 5.75 Å². The highest BCUT2D eigenvalue weighted by Crippen LogP contribution is 2.26. The zero-order valence-corrected chi connectivity index (χ0v) is 17.5. The normalized spacial score (nSPS) is 11.3. The molecule has 1 aromatic heterocycles. The highest BCUT2D eigenvalue weighted by atomic mass is 35.5. The number of hydrogen-bond acceptors (Lipinski definition) is 5. The Morgan fingerprint density at radius 2 is 1.67 bits per heavy atom. The Labute approximate surface area is 180 Å². The van der Waals surface area contributed by atoms with E-state index in [4.69, 9.17) is 26.3 Å². The maximum absolute atomic E-state index is 5.93. The standard InChI is InChI=1S/C24H21ClN4O/c1-16(2)30-20-13-9-18(10-14-20)23-27-22-6-4-3-5-21(22)24(28-23)29-26-15-17-7-11-19(25)12-8-17/h3-16H,1-2H3,(H,27,28,29)/b26-15+. The van der Waals surface area contributed by atoms with E-state index < -0.39 is 0 Å². The van der Waals surface area contributed by atoms with Crippen LogP contribution in [0.25, 0.3) is 22.3 Å². The number of aromatic nitrogens is 2. The van der Waals surface area contributed by atoms with Crippen molar-refractivity contribution in [2.75, 3.05) is 5.43 Å². The Balaban J connectivity index is 1.64. The number of benzene rings is 3. The minimum atomic E-state index is 0.127. The first-order chi connectivity index (χ1) is 14.6. The van der Waals surface area contributed by atoms with Gasteiger partial charge in [-0.2, -0.15) is 5.10 Å². The predicted octanol–water partition coefficient (Wildman–Crippen LogP) is 6.18. The van der Waals surface area contributed by atoms with E-state index >= 15 is 0 Å². The molecular weight excluding hydrogens is 396 g/mol. The van der Waals surface area contributed by atoms with Crippen LogP contribution in [0, 0.1) is 0 Å². The van der Waals surface area contributed by atoms with Crippen LogP contribution in [0.5, 0.6) is 5.75 Å². The molecule has 1 heterocycles. The van der Waals surface area contributed by atoms with Crippen LogP contribution >= 0.6 is 11.6 Å². The fourth-order valence-electron chi connectivity index (χ4n) is 2.96. The lowest BCUT2D eigenvalue weighted by Gasteiger charge is -2.11. The van der Waals surface area contributed by atoms with Crippen LogP contribution in [0.1, 0.15) is 19.4 Å². The average molecular weight is 417 g/mol. The molecule has 0 radical (unpaired) electrons. The summed E-state index contributed by atoms with van der Waals surface area (Å²) in [5.41, 5.74) is 5.74. The van der Waals surface area contributed by atoms with Crippen LogP contribution in [0.3, 0.4) is 0 Å². The summed E-state index contributed by atoms with van der Waals surface area (Å²) in [5, 5.41) is 5.93. The Hall–Kier alpha value is -3.44. The smallest absolute Gasteiger partial charge is 0.162 e. The summed E-state index contributed by atoms with van der Waals surface area (Å²) in [5.74, 6) is 2.08. The minimum Gasteiger partial charge on any atom is -0.491 e. The first kappa shape index (κ1) is 19.9. The van der Waals surface area contributed by atoms with Crippen LogP contribution in [0.2, 0.25) is 5.02 Å². The molecular formula is C24H21ClN4O. The molecule has 5 nitrogen and oxygen atoms in total. The minimum absolute atomic E-state index is 0.127. The van der Waals surface area contributed by atoms with Crippen molar-refractivity contribution in [3.8, 4) is 17.1 Å². The van der Waals surface area contributed by atoms with Crippen LogP contribution in [-0.4, -0.2) is 22.3 Å². The second kappa shape index (κ2) is 8.93. The van der Waals surface area contributed by atoms with Gasteiger partial charge in [-0.15, -0.1) is 0 Å². The lowest BCUT2D eigenvalue weighted by molar-refractivity contribution is 0.242. The van der Waals surface area contributed by atoms with Gasteiger partial charge in [-0.3, -0.25) is 5.43 Å². The monoisotopic (exact) mass is 416 g/mol. The molecule has 0 fully saturated rings. The Kier molecular flexibility index (Phi) is 5.91. The molecule has 3 aromatic carbocycles. The fourth-order valence-corrected chi connectivity index (χ4v) is 3.09. The first-order valence-electron chi connectivity index (χ1n) is 9.67. The van der Waals surface area contributed by atoms with Gasteiger partial charge < -0.3 is 4.74 Å². The third-order valence-electron chi connectivity index (χ3n) is 4.34. The molecule has 0 saturated heterocycles. The van der Waals surface area contributed by atoms with Gasteiger partial charge in [0.05, 0.1) is 17.8 Å². The van der Waals surface area contributed by atoms with Crippen molar-refractivity contribution in [2.24, 2.45) is 5.10 Å². The van der Waals surface area contributed by atoms with Crippen LogP contribution in [0.15, 0.2) is 77.9 Å². The molecule has 0 aliphatic rings. The Morgan fingerprint density at radius 1 is 0.933 bits per heavy atom. The van der Waals surface area contributed by atoms with E-state index in [2.05, 4.69) is 10.5 Å². The number of para-hydroxylation sites is 1. The number of halogens is 1. The molecule has 0 aliphatic carbocycles. The molecule has 4 aromatic rings. The van der Waals surface area contributed by atoms with E-state index in [0.717, 1.165) is 27.8 Å². The van der Waals surface area contributed by atoms with Gasteiger partial charge in [-0.05, 0) is 67.9 Å². The number of hydrogen-bond donors (Lipinski definition) is 1. The van der Waals surface area contributed by atoms with Gasteiger partial charge in [0.25, 0.3) is 0 Å². The van der Waals surface area contributed by atoms with Gasteiger partial charge in [-0.25, -0.2) is 9.97 Å². The molecule has 0 amide bonds.